The number of hydrogen-bond donors (Lipinski definition) is 1. The second kappa shape index (κ2) is 6.46. The van der Waals surface area contributed by atoms with Gasteiger partial charge in [-0.1, -0.05) is 42.8 Å². The predicted molar refractivity (Wildman–Crippen MR) is 80.8 cm³/mol. The van der Waals surface area contributed by atoms with Gasteiger partial charge in [0.25, 0.3) is 0 Å². The molecule has 2 aromatic carbocycles. The van der Waals surface area contributed by atoms with Crippen LogP contribution in [0, 0.1) is 18.6 Å². The zero-order chi connectivity index (χ0) is 14.7. The summed E-state index contributed by atoms with van der Waals surface area (Å²) in [6, 6.07) is 10.6. The fraction of sp³-hybridized carbons (Fsp3) is 0.250. The van der Waals surface area contributed by atoms with Crippen molar-refractivity contribution in [1.29, 1.82) is 0 Å². The van der Waals surface area contributed by atoms with E-state index in [-0.39, 0.29) is 10.5 Å². The minimum atomic E-state index is -0.850. The van der Waals surface area contributed by atoms with Crippen LogP contribution in [-0.4, -0.2) is 6.54 Å². The summed E-state index contributed by atoms with van der Waals surface area (Å²) in [7, 11) is 0. The largest absolute Gasteiger partial charge is 0.306 e. The second-order valence-corrected chi connectivity index (χ2v) is 5.46. The minimum Gasteiger partial charge on any atom is -0.306 e. The molecule has 1 nitrogen and oxygen atoms in total. The van der Waals surface area contributed by atoms with E-state index in [9.17, 15) is 8.78 Å². The fourth-order valence-corrected chi connectivity index (χ4v) is 2.68. The van der Waals surface area contributed by atoms with Gasteiger partial charge in [0.05, 0.1) is 10.5 Å². The Kier molecular flexibility index (Phi) is 4.89. The molecule has 0 aliphatic carbocycles. The quantitative estimate of drug-likeness (QED) is 0.793. The second-order valence-electron chi connectivity index (χ2n) is 4.67. The molecule has 0 amide bonds. The summed E-state index contributed by atoms with van der Waals surface area (Å²) in [6.07, 6.45) is 0. The van der Waals surface area contributed by atoms with Crippen LogP contribution >= 0.6 is 15.9 Å². The molecule has 1 unspecified atom stereocenters. The highest BCUT2D eigenvalue weighted by molar-refractivity contribution is 9.10. The van der Waals surface area contributed by atoms with E-state index in [1.54, 1.807) is 6.07 Å². The molecular formula is C16H16BrF2N. The van der Waals surface area contributed by atoms with E-state index < -0.39 is 11.6 Å². The van der Waals surface area contributed by atoms with Crippen molar-refractivity contribution in [2.45, 2.75) is 19.9 Å². The number of nitrogens with one attached hydrogen (secondary N) is 1. The van der Waals surface area contributed by atoms with Crippen LogP contribution in [0.1, 0.15) is 29.7 Å². The summed E-state index contributed by atoms with van der Waals surface area (Å²) in [5.41, 5.74) is 2.87. The van der Waals surface area contributed by atoms with Crippen molar-refractivity contribution in [2.24, 2.45) is 0 Å². The molecule has 0 bridgehead atoms. The van der Waals surface area contributed by atoms with Gasteiger partial charge in [0, 0.05) is 0 Å². The topological polar surface area (TPSA) is 12.0 Å². The highest BCUT2D eigenvalue weighted by Gasteiger charge is 2.19. The van der Waals surface area contributed by atoms with Gasteiger partial charge in [0.2, 0.25) is 0 Å². The van der Waals surface area contributed by atoms with Gasteiger partial charge in [-0.2, -0.15) is 0 Å². The van der Waals surface area contributed by atoms with E-state index in [4.69, 9.17) is 0 Å². The van der Waals surface area contributed by atoms with Crippen LogP contribution < -0.4 is 5.32 Å². The van der Waals surface area contributed by atoms with Crippen molar-refractivity contribution < 1.29 is 8.78 Å². The maximum atomic E-state index is 13.7. The van der Waals surface area contributed by atoms with E-state index in [0.29, 0.717) is 5.56 Å². The number of rotatable bonds is 4. The third kappa shape index (κ3) is 3.07. The van der Waals surface area contributed by atoms with Gasteiger partial charge in [0.1, 0.15) is 0 Å². The van der Waals surface area contributed by atoms with E-state index >= 15 is 0 Å². The molecule has 0 saturated carbocycles. The van der Waals surface area contributed by atoms with Gasteiger partial charge in [0.15, 0.2) is 11.6 Å². The summed E-state index contributed by atoms with van der Waals surface area (Å²) in [6.45, 7) is 4.72. The average Bonchev–Trinajstić information content (AvgIpc) is 2.44. The third-order valence-electron chi connectivity index (χ3n) is 3.19. The molecule has 0 heterocycles. The Hall–Kier alpha value is -1.26. The van der Waals surface area contributed by atoms with Gasteiger partial charge >= 0.3 is 0 Å². The Labute approximate surface area is 126 Å². The Morgan fingerprint density at radius 1 is 1.10 bits per heavy atom. The average molecular weight is 340 g/mol. The molecule has 4 heteroatoms. The Bertz CT molecular complexity index is 596. The molecule has 1 N–H and O–H groups in total. The monoisotopic (exact) mass is 339 g/mol. The summed E-state index contributed by atoms with van der Waals surface area (Å²) in [5.74, 6) is -1.70. The van der Waals surface area contributed by atoms with Crippen molar-refractivity contribution >= 4 is 15.9 Å². The summed E-state index contributed by atoms with van der Waals surface area (Å²) < 4.78 is 27.1. The van der Waals surface area contributed by atoms with Gasteiger partial charge < -0.3 is 5.32 Å². The molecule has 2 aromatic rings. The Morgan fingerprint density at radius 2 is 1.75 bits per heavy atom. The number of halogens is 3. The van der Waals surface area contributed by atoms with Crippen molar-refractivity contribution in [1.82, 2.24) is 5.32 Å². The summed E-state index contributed by atoms with van der Waals surface area (Å²) in [5, 5.41) is 3.30. The van der Waals surface area contributed by atoms with Gasteiger partial charge in [-0.05, 0) is 46.6 Å². The number of benzene rings is 2. The van der Waals surface area contributed by atoms with E-state index in [2.05, 4.69) is 21.2 Å². The molecule has 0 radical (unpaired) electrons. The molecule has 20 heavy (non-hydrogen) atoms. The molecule has 0 aliphatic rings. The molecule has 0 fully saturated rings. The third-order valence-corrected chi connectivity index (χ3v) is 4.00. The molecule has 0 aliphatic heterocycles. The smallest absolute Gasteiger partial charge is 0.173 e. The van der Waals surface area contributed by atoms with Crippen LogP contribution in [0.25, 0.3) is 0 Å². The van der Waals surface area contributed by atoms with Crippen molar-refractivity contribution in [3.05, 3.63) is 69.2 Å². The summed E-state index contributed by atoms with van der Waals surface area (Å²) in [4.78, 5) is 0. The fourth-order valence-electron chi connectivity index (χ4n) is 2.13. The van der Waals surface area contributed by atoms with E-state index in [1.165, 1.54) is 0 Å². The molecule has 2 rings (SSSR count). The van der Waals surface area contributed by atoms with Crippen molar-refractivity contribution in [2.75, 3.05) is 6.54 Å². The van der Waals surface area contributed by atoms with E-state index in [0.717, 1.165) is 23.7 Å². The van der Waals surface area contributed by atoms with Gasteiger partial charge in [-0.15, -0.1) is 0 Å². The van der Waals surface area contributed by atoms with E-state index in [1.807, 2.05) is 38.1 Å². The lowest BCUT2D eigenvalue weighted by atomic mass is 9.97. The first-order chi connectivity index (χ1) is 9.54. The maximum Gasteiger partial charge on any atom is 0.173 e. The summed E-state index contributed by atoms with van der Waals surface area (Å²) >= 11 is 3.16. The standard InChI is InChI=1S/C16H16BrF2N/c1-3-20-16(11-6-4-10(2)5-7-11)12-8-9-13(18)15(19)14(12)17/h4-9,16,20H,3H2,1-2H3. The van der Waals surface area contributed by atoms with Crippen LogP contribution in [0.4, 0.5) is 8.78 Å². The van der Waals surface area contributed by atoms with Gasteiger partial charge in [-0.3, -0.25) is 0 Å². The normalized spacial score (nSPS) is 12.4. The molecular weight excluding hydrogens is 324 g/mol. The molecule has 1 atom stereocenters. The van der Waals surface area contributed by atoms with Crippen LogP contribution in [0.5, 0.6) is 0 Å². The van der Waals surface area contributed by atoms with Gasteiger partial charge in [-0.25, -0.2) is 8.78 Å². The zero-order valence-corrected chi connectivity index (χ0v) is 13.0. The SMILES string of the molecule is CCNC(c1ccc(C)cc1)c1ccc(F)c(F)c1Br. The maximum absolute atomic E-state index is 13.7. The molecule has 0 aromatic heterocycles. The van der Waals surface area contributed by atoms with Crippen LogP contribution in [0.2, 0.25) is 0 Å². The lowest BCUT2D eigenvalue weighted by Crippen LogP contribution is -2.22. The Balaban J connectivity index is 2.48. The molecule has 106 valence electrons. The predicted octanol–water partition coefficient (Wildman–Crippen LogP) is 4.73. The van der Waals surface area contributed by atoms with Crippen molar-refractivity contribution in [3.63, 3.8) is 0 Å². The van der Waals surface area contributed by atoms with Crippen LogP contribution in [-0.2, 0) is 0 Å². The minimum absolute atomic E-state index is 0.170. The lowest BCUT2D eigenvalue weighted by molar-refractivity contribution is 0.498. The highest BCUT2D eigenvalue weighted by atomic mass is 79.9. The molecule has 0 spiro atoms. The van der Waals surface area contributed by atoms with Crippen molar-refractivity contribution in [3.8, 4) is 0 Å². The zero-order valence-electron chi connectivity index (χ0n) is 11.4. The van der Waals surface area contributed by atoms with Crippen LogP contribution in [0.3, 0.4) is 0 Å². The Morgan fingerprint density at radius 3 is 2.35 bits per heavy atom. The lowest BCUT2D eigenvalue weighted by Gasteiger charge is -2.21. The first-order valence-corrected chi connectivity index (χ1v) is 7.27. The first kappa shape index (κ1) is 15.1. The number of aryl methyl sites for hydroxylation is 1. The van der Waals surface area contributed by atoms with Crippen LogP contribution in [0.15, 0.2) is 40.9 Å². The first-order valence-electron chi connectivity index (χ1n) is 6.48. The molecule has 0 saturated heterocycles. The highest BCUT2D eigenvalue weighted by Crippen LogP contribution is 2.31. The number of hydrogen-bond acceptors (Lipinski definition) is 1.